The maximum Gasteiger partial charge on any atom is 0.342 e. The van der Waals surface area contributed by atoms with Gasteiger partial charge in [-0.05, 0) is 37.6 Å². The van der Waals surface area contributed by atoms with Crippen LogP contribution in [0.3, 0.4) is 0 Å². The third kappa shape index (κ3) is 4.72. The number of carbonyl (C=O) groups excluding carboxylic acids is 2. The first kappa shape index (κ1) is 19.2. The third-order valence-electron chi connectivity index (χ3n) is 3.74. The number of esters is 1. The molecule has 0 heterocycles. The Morgan fingerprint density at radius 3 is 2.04 bits per heavy atom. The van der Waals surface area contributed by atoms with Gasteiger partial charge in [0.25, 0.3) is 0 Å². The van der Waals surface area contributed by atoms with Gasteiger partial charge in [0.2, 0.25) is 5.78 Å². The molecule has 0 spiro atoms. The summed E-state index contributed by atoms with van der Waals surface area (Å²) in [5.41, 5.74) is 2.06. The van der Waals surface area contributed by atoms with Gasteiger partial charge in [-0.25, -0.2) is 4.79 Å². The average Bonchev–Trinajstić information content (AvgIpc) is 2.66. The van der Waals surface area contributed by atoms with E-state index in [2.05, 4.69) is 0 Å². The highest BCUT2D eigenvalue weighted by molar-refractivity contribution is 6.27. The van der Waals surface area contributed by atoms with Gasteiger partial charge in [0.1, 0.15) is 17.1 Å². The van der Waals surface area contributed by atoms with E-state index in [0.29, 0.717) is 11.5 Å². The molecular formula is C21H22O5. The molecule has 2 aromatic rings. The van der Waals surface area contributed by atoms with Crippen LogP contribution in [-0.4, -0.2) is 32.6 Å². The molecule has 2 rings (SSSR count). The van der Waals surface area contributed by atoms with E-state index in [1.54, 1.807) is 25.1 Å². The molecule has 0 saturated carbocycles. The molecule has 0 radical (unpaired) electrons. The topological polar surface area (TPSA) is 61.8 Å². The standard InChI is InChI=1S/C21H22O5/c1-5-26-21(23)19(10-15-8-6-14(2)7-9-15)20(22)16-11-17(24-3)13-18(12-16)25-4/h6-13H,5H2,1-4H3/b19-10-. The number of ketones is 1. The summed E-state index contributed by atoms with van der Waals surface area (Å²) in [6.07, 6.45) is 1.53. The van der Waals surface area contributed by atoms with Crippen LogP contribution < -0.4 is 9.47 Å². The van der Waals surface area contributed by atoms with E-state index < -0.39 is 11.8 Å². The summed E-state index contributed by atoms with van der Waals surface area (Å²) in [5.74, 6) is -0.196. The van der Waals surface area contributed by atoms with Gasteiger partial charge < -0.3 is 14.2 Å². The van der Waals surface area contributed by atoms with E-state index in [0.717, 1.165) is 11.1 Å². The molecule has 0 fully saturated rings. The molecule has 0 unspecified atom stereocenters. The molecule has 0 saturated heterocycles. The Morgan fingerprint density at radius 2 is 1.54 bits per heavy atom. The number of ether oxygens (including phenoxy) is 3. The van der Waals surface area contributed by atoms with Crippen LogP contribution in [-0.2, 0) is 9.53 Å². The van der Waals surface area contributed by atoms with E-state index >= 15 is 0 Å². The lowest BCUT2D eigenvalue weighted by molar-refractivity contribution is -0.137. The Kier molecular flexibility index (Phi) is 6.55. The Bertz CT molecular complexity index is 797. The zero-order chi connectivity index (χ0) is 19.1. The first-order chi connectivity index (χ1) is 12.5. The number of hydrogen-bond acceptors (Lipinski definition) is 5. The van der Waals surface area contributed by atoms with E-state index in [-0.39, 0.29) is 17.7 Å². The molecule has 0 bridgehead atoms. The molecule has 136 valence electrons. The smallest absolute Gasteiger partial charge is 0.342 e. The normalized spacial score (nSPS) is 11.0. The Labute approximate surface area is 153 Å². The molecule has 5 heteroatoms. The number of benzene rings is 2. The van der Waals surface area contributed by atoms with E-state index in [9.17, 15) is 9.59 Å². The van der Waals surface area contributed by atoms with Gasteiger partial charge in [-0.3, -0.25) is 4.79 Å². The summed E-state index contributed by atoms with van der Waals surface area (Å²) in [6, 6.07) is 12.3. The molecule has 0 aliphatic rings. The molecule has 5 nitrogen and oxygen atoms in total. The average molecular weight is 354 g/mol. The molecule has 0 aliphatic carbocycles. The predicted octanol–water partition coefficient (Wildman–Crippen LogP) is 3.84. The van der Waals surface area contributed by atoms with Crippen molar-refractivity contribution >= 4 is 17.8 Å². The van der Waals surface area contributed by atoms with Gasteiger partial charge >= 0.3 is 5.97 Å². The summed E-state index contributed by atoms with van der Waals surface area (Å²) in [6.45, 7) is 3.84. The van der Waals surface area contributed by atoms with E-state index in [1.807, 2.05) is 31.2 Å². The highest BCUT2D eigenvalue weighted by Crippen LogP contribution is 2.25. The van der Waals surface area contributed by atoms with Crippen LogP contribution in [0.4, 0.5) is 0 Å². The second-order valence-electron chi connectivity index (χ2n) is 5.62. The van der Waals surface area contributed by atoms with Crippen LogP contribution in [0.1, 0.15) is 28.4 Å². The largest absolute Gasteiger partial charge is 0.497 e. The maximum absolute atomic E-state index is 13.0. The van der Waals surface area contributed by atoms with Crippen LogP contribution in [0.15, 0.2) is 48.0 Å². The lowest BCUT2D eigenvalue weighted by atomic mass is 10.00. The van der Waals surface area contributed by atoms with Crippen LogP contribution in [0.2, 0.25) is 0 Å². The minimum Gasteiger partial charge on any atom is -0.497 e. The molecule has 0 aromatic heterocycles. The summed E-state index contributed by atoms with van der Waals surface area (Å²) >= 11 is 0. The first-order valence-electron chi connectivity index (χ1n) is 8.21. The van der Waals surface area contributed by atoms with Gasteiger partial charge in [-0.15, -0.1) is 0 Å². The minimum atomic E-state index is -0.667. The van der Waals surface area contributed by atoms with Crippen molar-refractivity contribution in [2.24, 2.45) is 0 Å². The highest BCUT2D eigenvalue weighted by atomic mass is 16.5. The molecule has 26 heavy (non-hydrogen) atoms. The fourth-order valence-corrected chi connectivity index (χ4v) is 2.35. The van der Waals surface area contributed by atoms with Gasteiger partial charge in [0, 0.05) is 11.6 Å². The first-order valence-corrected chi connectivity index (χ1v) is 8.21. The van der Waals surface area contributed by atoms with Gasteiger partial charge in [0.05, 0.1) is 20.8 Å². The molecule has 0 amide bonds. The fourth-order valence-electron chi connectivity index (χ4n) is 2.35. The quantitative estimate of drug-likeness (QED) is 0.249. The van der Waals surface area contributed by atoms with Crippen molar-refractivity contribution in [2.45, 2.75) is 13.8 Å². The van der Waals surface area contributed by atoms with Crippen LogP contribution in [0.5, 0.6) is 11.5 Å². The van der Waals surface area contributed by atoms with Crippen LogP contribution >= 0.6 is 0 Å². The maximum atomic E-state index is 13.0. The molecule has 0 aliphatic heterocycles. The molecule has 0 N–H and O–H groups in total. The van der Waals surface area contributed by atoms with Crippen molar-refractivity contribution in [2.75, 3.05) is 20.8 Å². The van der Waals surface area contributed by atoms with Gasteiger partial charge in [0.15, 0.2) is 0 Å². The summed E-state index contributed by atoms with van der Waals surface area (Å²) < 4.78 is 15.5. The van der Waals surface area contributed by atoms with Crippen molar-refractivity contribution in [1.29, 1.82) is 0 Å². The zero-order valence-corrected chi connectivity index (χ0v) is 15.4. The fraction of sp³-hybridized carbons (Fsp3) is 0.238. The van der Waals surface area contributed by atoms with Crippen molar-refractivity contribution in [3.63, 3.8) is 0 Å². The molecular weight excluding hydrogens is 332 g/mol. The zero-order valence-electron chi connectivity index (χ0n) is 15.4. The van der Waals surface area contributed by atoms with E-state index in [4.69, 9.17) is 14.2 Å². The number of rotatable bonds is 7. The summed E-state index contributed by atoms with van der Waals surface area (Å²) in [4.78, 5) is 25.4. The van der Waals surface area contributed by atoms with Crippen molar-refractivity contribution in [1.82, 2.24) is 0 Å². The van der Waals surface area contributed by atoms with Crippen molar-refractivity contribution < 1.29 is 23.8 Å². The Balaban J connectivity index is 2.49. The molecule has 2 aromatic carbocycles. The number of hydrogen-bond donors (Lipinski definition) is 0. The SMILES string of the molecule is CCOC(=O)/C(=C\c1ccc(C)cc1)C(=O)c1cc(OC)cc(OC)c1. The summed E-state index contributed by atoms with van der Waals surface area (Å²) in [7, 11) is 2.99. The monoisotopic (exact) mass is 354 g/mol. The van der Waals surface area contributed by atoms with Gasteiger partial charge in [-0.2, -0.15) is 0 Å². The number of Topliss-reactive ketones (excluding diaryl/α,β-unsaturated/α-hetero) is 1. The Morgan fingerprint density at radius 1 is 0.962 bits per heavy atom. The third-order valence-corrected chi connectivity index (χ3v) is 3.74. The van der Waals surface area contributed by atoms with Crippen LogP contribution in [0.25, 0.3) is 6.08 Å². The number of aryl methyl sites for hydroxylation is 1. The minimum absolute atomic E-state index is 0.0500. The predicted molar refractivity (Wildman–Crippen MR) is 99.7 cm³/mol. The second-order valence-corrected chi connectivity index (χ2v) is 5.62. The lowest BCUT2D eigenvalue weighted by Crippen LogP contribution is -2.16. The highest BCUT2D eigenvalue weighted by Gasteiger charge is 2.22. The van der Waals surface area contributed by atoms with Crippen molar-refractivity contribution in [3.8, 4) is 11.5 Å². The Hall–Kier alpha value is -3.08. The van der Waals surface area contributed by atoms with Gasteiger partial charge in [-0.1, -0.05) is 29.8 Å². The summed E-state index contributed by atoms with van der Waals surface area (Å²) in [5, 5.41) is 0. The van der Waals surface area contributed by atoms with E-state index in [1.165, 1.54) is 20.3 Å². The van der Waals surface area contributed by atoms with Crippen LogP contribution in [0, 0.1) is 6.92 Å². The van der Waals surface area contributed by atoms with Crippen molar-refractivity contribution in [3.05, 3.63) is 64.7 Å². The lowest BCUT2D eigenvalue weighted by Gasteiger charge is -2.10. The number of methoxy groups -OCH3 is 2. The molecule has 0 atom stereocenters. The second kappa shape index (κ2) is 8.85. The number of carbonyl (C=O) groups is 2.